The summed E-state index contributed by atoms with van der Waals surface area (Å²) in [4.78, 5) is 1.31. The van der Waals surface area contributed by atoms with Crippen LogP contribution in [0.1, 0.15) is 26.0 Å². The number of thioether (sulfide) groups is 1. The molecule has 0 saturated carbocycles. The van der Waals surface area contributed by atoms with Crippen LogP contribution in [0.2, 0.25) is 0 Å². The third-order valence-corrected chi connectivity index (χ3v) is 3.53. The van der Waals surface area contributed by atoms with Crippen molar-refractivity contribution in [1.29, 1.82) is 0 Å². The topological polar surface area (TPSA) is 17.8 Å². The Morgan fingerprint density at radius 2 is 2.12 bits per heavy atom. The summed E-state index contributed by atoms with van der Waals surface area (Å²) in [5, 5.41) is 5.99. The standard InChI is InChI=1S/C13H18N2S/c1-4-8-15-13-9-10(16-3)6-7-11(13)12(5-2)14-15/h6-7,9H,4-5,8H2,1-3H3. The number of rotatable bonds is 4. The molecule has 0 aliphatic heterocycles. The zero-order chi connectivity index (χ0) is 11.5. The number of aromatic nitrogens is 2. The maximum absolute atomic E-state index is 4.68. The minimum Gasteiger partial charge on any atom is -0.265 e. The molecule has 3 heteroatoms. The Kier molecular flexibility index (Phi) is 3.54. The van der Waals surface area contributed by atoms with Crippen molar-refractivity contribution in [1.82, 2.24) is 9.78 Å². The van der Waals surface area contributed by atoms with Gasteiger partial charge < -0.3 is 0 Å². The van der Waals surface area contributed by atoms with Crippen LogP contribution >= 0.6 is 11.8 Å². The van der Waals surface area contributed by atoms with Crippen LogP contribution in [0, 0.1) is 0 Å². The van der Waals surface area contributed by atoms with E-state index in [1.165, 1.54) is 21.5 Å². The second-order valence-corrected chi connectivity index (χ2v) is 4.79. The predicted octanol–water partition coefficient (Wildman–Crippen LogP) is 3.73. The molecule has 0 unspecified atom stereocenters. The maximum Gasteiger partial charge on any atom is 0.0700 e. The summed E-state index contributed by atoms with van der Waals surface area (Å²) in [6, 6.07) is 6.64. The van der Waals surface area contributed by atoms with Crippen molar-refractivity contribution in [3.63, 3.8) is 0 Å². The lowest BCUT2D eigenvalue weighted by Gasteiger charge is -2.01. The molecule has 0 saturated heterocycles. The fourth-order valence-corrected chi connectivity index (χ4v) is 2.43. The first-order chi connectivity index (χ1) is 7.80. The summed E-state index contributed by atoms with van der Waals surface area (Å²) < 4.78 is 2.15. The van der Waals surface area contributed by atoms with E-state index in [4.69, 9.17) is 0 Å². The first kappa shape index (κ1) is 11.5. The number of fused-ring (bicyclic) bond motifs is 1. The second kappa shape index (κ2) is 4.91. The molecule has 1 aromatic carbocycles. The van der Waals surface area contributed by atoms with E-state index in [9.17, 15) is 0 Å². The molecule has 1 aromatic heterocycles. The van der Waals surface area contributed by atoms with E-state index in [1.807, 2.05) is 0 Å². The monoisotopic (exact) mass is 234 g/mol. The van der Waals surface area contributed by atoms with Crippen LogP contribution in [0.5, 0.6) is 0 Å². The molecule has 0 aliphatic rings. The van der Waals surface area contributed by atoms with E-state index in [0.29, 0.717) is 0 Å². The molecule has 0 atom stereocenters. The fourth-order valence-electron chi connectivity index (χ4n) is 1.99. The van der Waals surface area contributed by atoms with Crippen LogP contribution < -0.4 is 0 Å². The van der Waals surface area contributed by atoms with E-state index < -0.39 is 0 Å². The van der Waals surface area contributed by atoms with Gasteiger partial charge in [-0.1, -0.05) is 13.8 Å². The molecular formula is C13H18N2S. The quantitative estimate of drug-likeness (QED) is 0.750. The van der Waals surface area contributed by atoms with Gasteiger partial charge in [0.25, 0.3) is 0 Å². The molecule has 2 nitrogen and oxygen atoms in total. The van der Waals surface area contributed by atoms with Crippen molar-refractivity contribution in [2.75, 3.05) is 6.26 Å². The van der Waals surface area contributed by atoms with E-state index >= 15 is 0 Å². The Morgan fingerprint density at radius 3 is 2.75 bits per heavy atom. The summed E-state index contributed by atoms with van der Waals surface area (Å²) in [5.74, 6) is 0. The summed E-state index contributed by atoms with van der Waals surface area (Å²) in [6.07, 6.45) is 4.25. The smallest absolute Gasteiger partial charge is 0.0700 e. The van der Waals surface area contributed by atoms with E-state index in [2.05, 4.69) is 48.1 Å². The molecule has 0 N–H and O–H groups in total. The van der Waals surface area contributed by atoms with Gasteiger partial charge in [-0.2, -0.15) is 5.10 Å². The van der Waals surface area contributed by atoms with Gasteiger partial charge in [0.1, 0.15) is 0 Å². The van der Waals surface area contributed by atoms with Crippen LogP contribution in [0.4, 0.5) is 0 Å². The Hall–Kier alpha value is -0.960. The number of hydrogen-bond donors (Lipinski definition) is 0. The highest BCUT2D eigenvalue weighted by Gasteiger charge is 2.08. The number of aryl methyl sites for hydroxylation is 2. The third kappa shape index (κ3) is 1.96. The van der Waals surface area contributed by atoms with E-state index in [1.54, 1.807) is 11.8 Å². The van der Waals surface area contributed by atoms with Gasteiger partial charge in [0.15, 0.2) is 0 Å². The van der Waals surface area contributed by atoms with Crippen LogP contribution in [0.3, 0.4) is 0 Å². The van der Waals surface area contributed by atoms with Crippen molar-refractivity contribution in [2.45, 2.75) is 38.1 Å². The molecule has 2 aromatic rings. The van der Waals surface area contributed by atoms with Crippen molar-refractivity contribution in [3.05, 3.63) is 23.9 Å². The van der Waals surface area contributed by atoms with E-state index in [0.717, 1.165) is 19.4 Å². The maximum atomic E-state index is 4.68. The molecule has 0 radical (unpaired) electrons. The van der Waals surface area contributed by atoms with Crippen molar-refractivity contribution in [2.24, 2.45) is 0 Å². The van der Waals surface area contributed by atoms with Gasteiger partial charge in [0.05, 0.1) is 11.2 Å². The second-order valence-electron chi connectivity index (χ2n) is 3.91. The Balaban J connectivity index is 2.60. The SMILES string of the molecule is CCCn1nc(CC)c2ccc(SC)cc21. The van der Waals surface area contributed by atoms with Crippen molar-refractivity contribution in [3.8, 4) is 0 Å². The van der Waals surface area contributed by atoms with Crippen LogP contribution in [-0.2, 0) is 13.0 Å². The van der Waals surface area contributed by atoms with Crippen LogP contribution in [-0.4, -0.2) is 16.0 Å². The molecule has 0 bridgehead atoms. The van der Waals surface area contributed by atoms with Crippen LogP contribution in [0.25, 0.3) is 10.9 Å². The highest BCUT2D eigenvalue weighted by atomic mass is 32.2. The molecule has 0 amide bonds. The average Bonchev–Trinajstić information content (AvgIpc) is 2.67. The summed E-state index contributed by atoms with van der Waals surface area (Å²) >= 11 is 1.79. The molecule has 0 fully saturated rings. The number of hydrogen-bond acceptors (Lipinski definition) is 2. The summed E-state index contributed by atoms with van der Waals surface area (Å²) in [7, 11) is 0. The number of benzene rings is 1. The van der Waals surface area contributed by atoms with Gasteiger partial charge in [0, 0.05) is 16.8 Å². The molecule has 2 rings (SSSR count). The minimum atomic E-state index is 1.01. The highest BCUT2D eigenvalue weighted by molar-refractivity contribution is 7.98. The zero-order valence-electron chi connectivity index (χ0n) is 10.2. The molecule has 86 valence electrons. The van der Waals surface area contributed by atoms with Gasteiger partial charge in [-0.15, -0.1) is 11.8 Å². The minimum absolute atomic E-state index is 1.01. The third-order valence-electron chi connectivity index (χ3n) is 2.81. The van der Waals surface area contributed by atoms with Gasteiger partial charge >= 0.3 is 0 Å². The molecule has 0 aliphatic carbocycles. The Bertz CT molecular complexity index is 488. The van der Waals surface area contributed by atoms with Crippen molar-refractivity contribution < 1.29 is 0 Å². The lowest BCUT2D eigenvalue weighted by atomic mass is 10.2. The lowest BCUT2D eigenvalue weighted by Crippen LogP contribution is -1.99. The van der Waals surface area contributed by atoms with E-state index in [-0.39, 0.29) is 0 Å². The van der Waals surface area contributed by atoms with Crippen molar-refractivity contribution >= 4 is 22.7 Å². The predicted molar refractivity (Wildman–Crippen MR) is 71.2 cm³/mol. The fraction of sp³-hybridized carbons (Fsp3) is 0.462. The highest BCUT2D eigenvalue weighted by Crippen LogP contribution is 2.25. The molecule has 1 heterocycles. The van der Waals surface area contributed by atoms with Gasteiger partial charge in [-0.05, 0) is 37.3 Å². The van der Waals surface area contributed by atoms with Gasteiger partial charge in [-0.25, -0.2) is 0 Å². The van der Waals surface area contributed by atoms with Crippen LogP contribution in [0.15, 0.2) is 23.1 Å². The Labute approximate surface area is 101 Å². The lowest BCUT2D eigenvalue weighted by molar-refractivity contribution is 0.613. The molecule has 0 spiro atoms. The summed E-state index contributed by atoms with van der Waals surface area (Å²) in [5.41, 5.74) is 2.50. The average molecular weight is 234 g/mol. The first-order valence-corrected chi connectivity index (χ1v) is 7.06. The summed E-state index contributed by atoms with van der Waals surface area (Å²) in [6.45, 7) is 5.37. The molecule has 16 heavy (non-hydrogen) atoms. The van der Waals surface area contributed by atoms with Gasteiger partial charge in [-0.3, -0.25) is 4.68 Å². The molecular weight excluding hydrogens is 216 g/mol. The first-order valence-electron chi connectivity index (χ1n) is 5.83. The largest absolute Gasteiger partial charge is 0.265 e. The van der Waals surface area contributed by atoms with Gasteiger partial charge in [0.2, 0.25) is 0 Å². The number of nitrogens with zero attached hydrogens (tertiary/aromatic N) is 2. The normalized spacial score (nSPS) is 11.2. The Morgan fingerprint density at radius 1 is 1.31 bits per heavy atom. The zero-order valence-corrected chi connectivity index (χ0v) is 11.0.